The molecule has 0 amide bonds. The molecule has 2 fully saturated rings. The van der Waals surface area contributed by atoms with E-state index in [-0.39, 0.29) is 24.8 Å². The SMILES string of the molecule is NCCC(N1CC2CCC(O)C2C1)C(F)(F)F. The van der Waals surface area contributed by atoms with Crippen molar-refractivity contribution in [2.45, 2.75) is 37.6 Å². The molecule has 4 unspecified atom stereocenters. The minimum Gasteiger partial charge on any atom is -0.393 e. The fourth-order valence-electron chi connectivity index (χ4n) is 3.24. The Morgan fingerprint density at radius 3 is 2.53 bits per heavy atom. The molecule has 0 spiro atoms. The molecule has 0 aromatic rings. The number of nitrogens with two attached hydrogens (primary N) is 1. The molecule has 1 saturated heterocycles. The van der Waals surface area contributed by atoms with Crippen molar-refractivity contribution < 1.29 is 18.3 Å². The normalized spacial score (nSPS) is 36.2. The van der Waals surface area contributed by atoms with Crippen LogP contribution in [0.15, 0.2) is 0 Å². The van der Waals surface area contributed by atoms with Gasteiger partial charge in [-0.2, -0.15) is 13.2 Å². The van der Waals surface area contributed by atoms with Gasteiger partial charge in [-0.3, -0.25) is 4.90 Å². The number of aliphatic hydroxyl groups excluding tert-OH is 1. The lowest BCUT2D eigenvalue weighted by Gasteiger charge is -2.30. The fourth-order valence-corrected chi connectivity index (χ4v) is 3.24. The summed E-state index contributed by atoms with van der Waals surface area (Å²) in [7, 11) is 0. The first-order valence-electron chi connectivity index (χ1n) is 6.12. The molecule has 1 heterocycles. The van der Waals surface area contributed by atoms with E-state index < -0.39 is 18.3 Å². The minimum absolute atomic E-state index is 0.0256. The number of aliphatic hydroxyl groups is 1. The first-order chi connectivity index (χ1) is 7.93. The van der Waals surface area contributed by atoms with Gasteiger partial charge in [-0.05, 0) is 31.7 Å². The van der Waals surface area contributed by atoms with Crippen molar-refractivity contribution >= 4 is 0 Å². The number of hydrogen-bond acceptors (Lipinski definition) is 3. The molecule has 17 heavy (non-hydrogen) atoms. The van der Waals surface area contributed by atoms with Crippen LogP contribution in [0.2, 0.25) is 0 Å². The quantitative estimate of drug-likeness (QED) is 0.787. The molecule has 4 atom stereocenters. The molecular formula is C11H19F3N2O. The molecule has 2 rings (SSSR count). The molecule has 3 N–H and O–H groups in total. The van der Waals surface area contributed by atoms with Gasteiger partial charge in [-0.15, -0.1) is 0 Å². The second-order valence-corrected chi connectivity index (χ2v) is 5.16. The highest BCUT2D eigenvalue weighted by Crippen LogP contribution is 2.41. The number of halogens is 3. The summed E-state index contributed by atoms with van der Waals surface area (Å²) in [6, 6.07) is -1.44. The van der Waals surface area contributed by atoms with Crippen LogP contribution in [0.4, 0.5) is 13.2 Å². The smallest absolute Gasteiger partial charge is 0.393 e. The largest absolute Gasteiger partial charge is 0.404 e. The number of rotatable bonds is 3. The van der Waals surface area contributed by atoms with E-state index in [0.717, 1.165) is 12.8 Å². The Morgan fingerprint density at radius 1 is 1.29 bits per heavy atom. The van der Waals surface area contributed by atoms with Crippen LogP contribution in [-0.4, -0.2) is 48.0 Å². The van der Waals surface area contributed by atoms with Gasteiger partial charge >= 0.3 is 6.18 Å². The van der Waals surface area contributed by atoms with E-state index in [0.29, 0.717) is 13.1 Å². The van der Waals surface area contributed by atoms with Crippen molar-refractivity contribution in [1.82, 2.24) is 4.90 Å². The lowest BCUT2D eigenvalue weighted by atomic mass is 10.00. The molecule has 100 valence electrons. The lowest BCUT2D eigenvalue weighted by Crippen LogP contribution is -2.46. The Balaban J connectivity index is 2.02. The summed E-state index contributed by atoms with van der Waals surface area (Å²) in [6.07, 6.45) is -3.12. The summed E-state index contributed by atoms with van der Waals surface area (Å²) in [5, 5.41) is 9.70. The van der Waals surface area contributed by atoms with Crippen LogP contribution in [-0.2, 0) is 0 Å². The van der Waals surface area contributed by atoms with Gasteiger partial charge in [-0.25, -0.2) is 0 Å². The van der Waals surface area contributed by atoms with E-state index in [9.17, 15) is 18.3 Å². The first kappa shape index (κ1) is 13.1. The molecule has 1 aliphatic carbocycles. The average molecular weight is 252 g/mol. The third-order valence-electron chi connectivity index (χ3n) is 4.11. The second kappa shape index (κ2) is 4.74. The maximum absolute atomic E-state index is 12.9. The van der Waals surface area contributed by atoms with Crippen LogP contribution in [0.3, 0.4) is 0 Å². The van der Waals surface area contributed by atoms with Crippen LogP contribution < -0.4 is 5.73 Å². The van der Waals surface area contributed by atoms with Crippen molar-refractivity contribution in [2.24, 2.45) is 17.6 Å². The summed E-state index contributed by atoms with van der Waals surface area (Å²) in [6.45, 7) is 0.848. The van der Waals surface area contributed by atoms with Gasteiger partial charge in [0.15, 0.2) is 0 Å². The van der Waals surface area contributed by atoms with Gasteiger partial charge in [0, 0.05) is 19.0 Å². The van der Waals surface area contributed by atoms with Crippen molar-refractivity contribution in [3.05, 3.63) is 0 Å². The molecule has 6 heteroatoms. The van der Waals surface area contributed by atoms with Crippen molar-refractivity contribution in [3.63, 3.8) is 0 Å². The Labute approximate surface area is 98.8 Å². The third-order valence-corrected chi connectivity index (χ3v) is 4.11. The Hall–Kier alpha value is -0.330. The topological polar surface area (TPSA) is 49.5 Å². The number of likely N-dealkylation sites (tertiary alicyclic amines) is 1. The maximum Gasteiger partial charge on any atom is 0.404 e. The molecular weight excluding hydrogens is 233 g/mol. The highest BCUT2D eigenvalue weighted by Gasteiger charge is 2.50. The van der Waals surface area contributed by atoms with Crippen LogP contribution in [0.5, 0.6) is 0 Å². The molecule has 3 nitrogen and oxygen atoms in total. The zero-order chi connectivity index (χ0) is 12.6. The summed E-state index contributed by atoms with van der Waals surface area (Å²) in [4.78, 5) is 1.46. The standard InChI is InChI=1S/C11H19F3N2O/c12-11(13,14)10(3-4-15)16-5-7-1-2-9(17)8(7)6-16/h7-10,17H,1-6,15H2. The van der Waals surface area contributed by atoms with E-state index in [1.54, 1.807) is 0 Å². The van der Waals surface area contributed by atoms with Gasteiger partial charge in [-0.1, -0.05) is 0 Å². The van der Waals surface area contributed by atoms with Gasteiger partial charge in [0.2, 0.25) is 0 Å². The first-order valence-corrected chi connectivity index (χ1v) is 6.12. The Morgan fingerprint density at radius 2 is 2.00 bits per heavy atom. The van der Waals surface area contributed by atoms with Crippen LogP contribution in [0, 0.1) is 11.8 Å². The van der Waals surface area contributed by atoms with Crippen molar-refractivity contribution in [2.75, 3.05) is 19.6 Å². The number of fused-ring (bicyclic) bond motifs is 1. The predicted octanol–water partition coefficient (Wildman–Crippen LogP) is 0.969. The van der Waals surface area contributed by atoms with E-state index >= 15 is 0 Å². The molecule has 1 saturated carbocycles. The average Bonchev–Trinajstić information content (AvgIpc) is 2.76. The van der Waals surface area contributed by atoms with E-state index in [2.05, 4.69) is 0 Å². The Kier molecular flexibility index (Phi) is 3.66. The summed E-state index contributed by atoms with van der Waals surface area (Å²) < 4.78 is 38.6. The van der Waals surface area contributed by atoms with E-state index in [1.165, 1.54) is 4.90 Å². The van der Waals surface area contributed by atoms with Crippen molar-refractivity contribution in [1.29, 1.82) is 0 Å². The highest BCUT2D eigenvalue weighted by molar-refractivity contribution is 4.96. The zero-order valence-electron chi connectivity index (χ0n) is 9.66. The fraction of sp³-hybridized carbons (Fsp3) is 1.00. The van der Waals surface area contributed by atoms with Crippen LogP contribution in [0.1, 0.15) is 19.3 Å². The summed E-state index contributed by atoms with van der Waals surface area (Å²) >= 11 is 0. The van der Waals surface area contributed by atoms with Gasteiger partial charge in [0.1, 0.15) is 6.04 Å². The predicted molar refractivity (Wildman–Crippen MR) is 57.3 cm³/mol. The monoisotopic (exact) mass is 252 g/mol. The molecule has 0 aromatic heterocycles. The van der Waals surface area contributed by atoms with Gasteiger partial charge in [0.05, 0.1) is 6.10 Å². The van der Waals surface area contributed by atoms with Crippen molar-refractivity contribution in [3.8, 4) is 0 Å². The number of nitrogens with zero attached hydrogens (tertiary/aromatic N) is 1. The molecule has 2 aliphatic rings. The van der Waals surface area contributed by atoms with Crippen LogP contribution >= 0.6 is 0 Å². The molecule has 0 bridgehead atoms. The molecule has 1 aliphatic heterocycles. The summed E-state index contributed by atoms with van der Waals surface area (Å²) in [5.41, 5.74) is 5.26. The van der Waals surface area contributed by atoms with E-state index in [1.807, 2.05) is 0 Å². The number of alkyl halides is 3. The number of hydrogen-bond donors (Lipinski definition) is 2. The van der Waals surface area contributed by atoms with Crippen LogP contribution in [0.25, 0.3) is 0 Å². The van der Waals surface area contributed by atoms with Gasteiger partial charge < -0.3 is 10.8 Å². The zero-order valence-corrected chi connectivity index (χ0v) is 9.66. The lowest BCUT2D eigenvalue weighted by molar-refractivity contribution is -0.183. The maximum atomic E-state index is 12.9. The minimum atomic E-state index is -4.22. The third kappa shape index (κ3) is 2.58. The van der Waals surface area contributed by atoms with E-state index in [4.69, 9.17) is 5.73 Å². The molecule has 0 aromatic carbocycles. The second-order valence-electron chi connectivity index (χ2n) is 5.16. The Bertz CT molecular complexity index is 272. The van der Waals surface area contributed by atoms with Gasteiger partial charge in [0.25, 0.3) is 0 Å². The summed E-state index contributed by atoms with van der Waals surface area (Å²) in [5.74, 6) is 0.255. The highest BCUT2D eigenvalue weighted by atomic mass is 19.4. The molecule has 0 radical (unpaired) electrons.